The van der Waals surface area contributed by atoms with Crippen LogP contribution in [0.5, 0.6) is 5.75 Å². The largest absolute Gasteiger partial charge is 0.491 e. The maximum absolute atomic E-state index is 9.34. The number of nitriles is 1. The molecular formula is C14H17NO. The van der Waals surface area contributed by atoms with E-state index >= 15 is 0 Å². The molecule has 0 saturated heterocycles. The molecular weight excluding hydrogens is 198 g/mol. The van der Waals surface area contributed by atoms with Gasteiger partial charge in [0.1, 0.15) is 5.75 Å². The smallest absolute Gasteiger partial charge is 0.124 e. The van der Waals surface area contributed by atoms with E-state index < -0.39 is 0 Å². The van der Waals surface area contributed by atoms with E-state index in [9.17, 15) is 5.26 Å². The molecule has 0 amide bonds. The Morgan fingerprint density at radius 3 is 2.50 bits per heavy atom. The third-order valence-corrected chi connectivity index (χ3v) is 3.19. The Morgan fingerprint density at radius 1 is 1.31 bits per heavy atom. The van der Waals surface area contributed by atoms with Crippen molar-refractivity contribution in [2.75, 3.05) is 0 Å². The lowest BCUT2D eigenvalue weighted by Gasteiger charge is -2.36. The van der Waals surface area contributed by atoms with E-state index in [0.29, 0.717) is 0 Å². The van der Waals surface area contributed by atoms with Gasteiger partial charge in [-0.1, -0.05) is 18.2 Å². The molecule has 0 unspecified atom stereocenters. The van der Waals surface area contributed by atoms with E-state index in [4.69, 9.17) is 4.74 Å². The van der Waals surface area contributed by atoms with Crippen LogP contribution < -0.4 is 4.74 Å². The average molecular weight is 215 g/mol. The Morgan fingerprint density at radius 2 is 2.00 bits per heavy atom. The first-order valence-corrected chi connectivity index (χ1v) is 5.85. The molecule has 0 heterocycles. The first-order valence-electron chi connectivity index (χ1n) is 5.85. The van der Waals surface area contributed by atoms with E-state index in [1.165, 1.54) is 0 Å². The Hall–Kier alpha value is -1.49. The van der Waals surface area contributed by atoms with Crippen LogP contribution in [-0.4, -0.2) is 6.10 Å². The molecule has 2 nitrogen and oxygen atoms in total. The molecule has 1 saturated carbocycles. The highest BCUT2D eigenvalue weighted by Gasteiger charge is 2.41. The number of para-hydroxylation sites is 1. The summed E-state index contributed by atoms with van der Waals surface area (Å²) in [5.41, 5.74) is 0.781. The van der Waals surface area contributed by atoms with Crippen LogP contribution in [0.25, 0.3) is 0 Å². The van der Waals surface area contributed by atoms with Crippen LogP contribution in [0.4, 0.5) is 0 Å². The summed E-state index contributed by atoms with van der Waals surface area (Å²) in [5.74, 6) is 0.874. The summed E-state index contributed by atoms with van der Waals surface area (Å²) >= 11 is 0. The minimum atomic E-state index is -0.286. The number of hydrogen-bond donors (Lipinski definition) is 0. The topological polar surface area (TPSA) is 33.0 Å². The zero-order valence-corrected chi connectivity index (χ0v) is 9.86. The summed E-state index contributed by atoms with van der Waals surface area (Å²) in [5, 5.41) is 9.34. The van der Waals surface area contributed by atoms with Crippen molar-refractivity contribution >= 4 is 0 Å². The van der Waals surface area contributed by atoms with Crippen molar-refractivity contribution < 1.29 is 4.74 Å². The molecule has 0 aliphatic heterocycles. The lowest BCUT2D eigenvalue weighted by molar-refractivity contribution is 0.227. The number of rotatable bonds is 3. The van der Waals surface area contributed by atoms with Crippen LogP contribution in [0.1, 0.15) is 38.7 Å². The van der Waals surface area contributed by atoms with Crippen molar-refractivity contribution in [2.24, 2.45) is 0 Å². The molecule has 84 valence electrons. The maximum atomic E-state index is 9.34. The first kappa shape index (κ1) is 11.0. The van der Waals surface area contributed by atoms with Gasteiger partial charge in [-0.3, -0.25) is 0 Å². The lowest BCUT2D eigenvalue weighted by Crippen LogP contribution is -2.33. The summed E-state index contributed by atoms with van der Waals surface area (Å²) in [6, 6.07) is 10.4. The minimum Gasteiger partial charge on any atom is -0.491 e. The highest BCUT2D eigenvalue weighted by atomic mass is 16.5. The second-order valence-electron chi connectivity index (χ2n) is 4.71. The second-order valence-corrected chi connectivity index (χ2v) is 4.71. The molecule has 0 bridgehead atoms. The molecule has 0 atom stereocenters. The van der Waals surface area contributed by atoms with Gasteiger partial charge in [0.2, 0.25) is 0 Å². The molecule has 2 heteroatoms. The third-order valence-electron chi connectivity index (χ3n) is 3.19. The van der Waals surface area contributed by atoms with Gasteiger partial charge in [0.15, 0.2) is 0 Å². The quantitative estimate of drug-likeness (QED) is 0.774. The summed E-state index contributed by atoms with van der Waals surface area (Å²) in [4.78, 5) is 0. The van der Waals surface area contributed by atoms with E-state index in [-0.39, 0.29) is 11.5 Å². The summed E-state index contributed by atoms with van der Waals surface area (Å²) < 4.78 is 5.78. The minimum absolute atomic E-state index is 0.150. The Labute approximate surface area is 96.9 Å². The molecule has 2 rings (SSSR count). The third kappa shape index (κ3) is 1.78. The van der Waals surface area contributed by atoms with Crippen LogP contribution in [0.3, 0.4) is 0 Å². The molecule has 0 spiro atoms. The van der Waals surface area contributed by atoms with Gasteiger partial charge >= 0.3 is 0 Å². The van der Waals surface area contributed by atoms with Gasteiger partial charge in [-0.2, -0.15) is 5.26 Å². The molecule has 16 heavy (non-hydrogen) atoms. The van der Waals surface area contributed by atoms with Crippen LogP contribution in [-0.2, 0) is 5.41 Å². The Balaban J connectivity index is 2.37. The van der Waals surface area contributed by atoms with Gasteiger partial charge in [0.25, 0.3) is 0 Å². The van der Waals surface area contributed by atoms with Crippen LogP contribution in [0.15, 0.2) is 24.3 Å². The standard InChI is InChI=1S/C14H17NO/c1-11(2)16-13-7-4-3-6-12(13)14(10-15)8-5-9-14/h3-4,6-7,11H,5,8-9H2,1-2H3. The predicted octanol–water partition coefficient (Wildman–Crippen LogP) is 3.42. The fraction of sp³-hybridized carbons (Fsp3) is 0.500. The molecule has 1 aromatic carbocycles. The average Bonchev–Trinajstić information content (AvgIpc) is 2.19. The number of benzene rings is 1. The molecule has 0 aromatic heterocycles. The van der Waals surface area contributed by atoms with E-state index in [2.05, 4.69) is 6.07 Å². The lowest BCUT2D eigenvalue weighted by atomic mass is 9.65. The van der Waals surface area contributed by atoms with Crippen molar-refractivity contribution in [3.8, 4) is 11.8 Å². The van der Waals surface area contributed by atoms with Crippen molar-refractivity contribution in [1.29, 1.82) is 5.26 Å². The Bertz CT molecular complexity index is 413. The van der Waals surface area contributed by atoms with Crippen LogP contribution in [0, 0.1) is 11.3 Å². The van der Waals surface area contributed by atoms with Crippen molar-refractivity contribution in [2.45, 2.75) is 44.6 Å². The van der Waals surface area contributed by atoms with Crippen molar-refractivity contribution in [3.05, 3.63) is 29.8 Å². The van der Waals surface area contributed by atoms with Gasteiger partial charge in [0, 0.05) is 5.56 Å². The van der Waals surface area contributed by atoms with Crippen LogP contribution in [0.2, 0.25) is 0 Å². The van der Waals surface area contributed by atoms with Gasteiger partial charge < -0.3 is 4.74 Å². The highest BCUT2D eigenvalue weighted by molar-refractivity contribution is 5.45. The van der Waals surface area contributed by atoms with Crippen LogP contribution >= 0.6 is 0 Å². The summed E-state index contributed by atoms with van der Waals surface area (Å²) in [6.07, 6.45) is 3.21. The van der Waals surface area contributed by atoms with Crippen molar-refractivity contribution in [3.63, 3.8) is 0 Å². The summed E-state index contributed by atoms with van der Waals surface area (Å²) in [7, 11) is 0. The number of nitrogens with zero attached hydrogens (tertiary/aromatic N) is 1. The molecule has 1 aliphatic rings. The molecule has 0 radical (unpaired) electrons. The first-order chi connectivity index (χ1) is 7.68. The van der Waals surface area contributed by atoms with E-state index in [0.717, 1.165) is 30.6 Å². The van der Waals surface area contributed by atoms with Gasteiger partial charge in [0.05, 0.1) is 17.6 Å². The molecule has 1 aromatic rings. The number of ether oxygens (including phenoxy) is 1. The van der Waals surface area contributed by atoms with Gasteiger partial charge in [-0.05, 0) is 39.2 Å². The van der Waals surface area contributed by atoms with E-state index in [1.54, 1.807) is 0 Å². The highest BCUT2D eigenvalue weighted by Crippen LogP contribution is 2.46. The zero-order chi connectivity index (χ0) is 11.6. The monoisotopic (exact) mass is 215 g/mol. The fourth-order valence-corrected chi connectivity index (χ4v) is 2.19. The van der Waals surface area contributed by atoms with Crippen molar-refractivity contribution in [1.82, 2.24) is 0 Å². The molecule has 0 N–H and O–H groups in total. The number of hydrogen-bond acceptors (Lipinski definition) is 2. The maximum Gasteiger partial charge on any atom is 0.124 e. The van der Waals surface area contributed by atoms with E-state index in [1.807, 2.05) is 38.1 Å². The Kier molecular flexibility index (Phi) is 2.87. The fourth-order valence-electron chi connectivity index (χ4n) is 2.19. The SMILES string of the molecule is CC(C)Oc1ccccc1C1(C#N)CCC1. The molecule has 1 aliphatic carbocycles. The molecule has 1 fully saturated rings. The van der Waals surface area contributed by atoms with Gasteiger partial charge in [-0.25, -0.2) is 0 Å². The predicted molar refractivity (Wildman–Crippen MR) is 63.3 cm³/mol. The zero-order valence-electron chi connectivity index (χ0n) is 9.86. The normalized spacial score (nSPS) is 17.6. The second kappa shape index (κ2) is 4.17. The van der Waals surface area contributed by atoms with Gasteiger partial charge in [-0.15, -0.1) is 0 Å². The summed E-state index contributed by atoms with van der Waals surface area (Å²) in [6.45, 7) is 4.02.